The first kappa shape index (κ1) is 23.8. The van der Waals surface area contributed by atoms with E-state index in [1.807, 2.05) is 0 Å². The fraction of sp³-hybridized carbons (Fsp3) is 0.882. The number of nitrogens with two attached hydrogens (primary N) is 1. The Morgan fingerprint density at radius 3 is 2.24 bits per heavy atom. The van der Waals surface area contributed by atoms with Crippen molar-refractivity contribution in [2.24, 2.45) is 5.73 Å². The molecule has 0 aromatic heterocycles. The summed E-state index contributed by atoms with van der Waals surface area (Å²) in [5, 5.41) is 5.71. The number of unbranched alkanes of at least 4 members (excludes halogenated alkanes) is 1. The minimum atomic E-state index is -0.342. The van der Waals surface area contributed by atoms with E-state index in [9.17, 15) is 9.59 Å². The van der Waals surface area contributed by atoms with Crippen molar-refractivity contribution in [2.75, 3.05) is 67.7 Å². The molecule has 0 saturated heterocycles. The van der Waals surface area contributed by atoms with E-state index in [0.717, 1.165) is 23.9 Å². The zero-order chi connectivity index (χ0) is 19.1. The Kier molecular flexibility index (Phi) is 13.3. The number of hydrogen-bond donors (Lipinski definition) is 3. The van der Waals surface area contributed by atoms with Crippen molar-refractivity contribution in [3.05, 3.63) is 0 Å². The molecule has 0 spiro atoms. The largest absolute Gasteiger partial charge is 0.379 e. The van der Waals surface area contributed by atoms with Crippen molar-refractivity contribution < 1.29 is 23.5 Å². The van der Waals surface area contributed by atoms with Gasteiger partial charge in [-0.05, 0) is 26.3 Å². The summed E-state index contributed by atoms with van der Waals surface area (Å²) in [5.41, 5.74) is 5.24. The predicted octanol–water partition coefficient (Wildman–Crippen LogP) is -0.524. The molecule has 8 nitrogen and oxygen atoms in total. The highest BCUT2D eigenvalue weighted by Crippen LogP contribution is 1.99. The van der Waals surface area contributed by atoms with Crippen LogP contribution in [0.15, 0.2) is 0 Å². The first-order valence-corrected chi connectivity index (χ1v) is 8.95. The Morgan fingerprint density at radius 1 is 1.04 bits per heavy atom. The van der Waals surface area contributed by atoms with Gasteiger partial charge in [-0.25, -0.2) is 0 Å². The number of carbonyl (C=O) groups excluding carboxylic acids is 2. The van der Waals surface area contributed by atoms with Crippen LogP contribution in [-0.2, 0) is 19.1 Å². The molecule has 8 heteroatoms. The van der Waals surface area contributed by atoms with E-state index < -0.39 is 0 Å². The summed E-state index contributed by atoms with van der Waals surface area (Å²) < 4.78 is 11.7. The summed E-state index contributed by atoms with van der Waals surface area (Å²) in [6.07, 6.45) is 2.67. The molecule has 0 heterocycles. The predicted molar refractivity (Wildman–Crippen MR) is 98.1 cm³/mol. The van der Waals surface area contributed by atoms with Gasteiger partial charge in [0.1, 0.15) is 6.54 Å². The van der Waals surface area contributed by atoms with Crippen LogP contribution < -0.4 is 16.4 Å². The van der Waals surface area contributed by atoms with Crippen molar-refractivity contribution in [3.8, 4) is 0 Å². The molecule has 0 fully saturated rings. The Balaban J connectivity index is 3.40. The molecule has 0 radical (unpaired) electrons. The van der Waals surface area contributed by atoms with Gasteiger partial charge in [0.25, 0.3) is 0 Å². The summed E-state index contributed by atoms with van der Waals surface area (Å²) in [7, 11) is 8.08. The van der Waals surface area contributed by atoms with Crippen LogP contribution >= 0.6 is 0 Å². The quantitative estimate of drug-likeness (QED) is 0.253. The average Bonchev–Trinajstić information content (AvgIpc) is 2.51. The van der Waals surface area contributed by atoms with Crippen LogP contribution in [0, 0.1) is 0 Å². The lowest BCUT2D eigenvalue weighted by atomic mass is 10.1. The van der Waals surface area contributed by atoms with E-state index in [0.29, 0.717) is 45.8 Å². The normalized spacial score (nSPS) is 12.8. The van der Waals surface area contributed by atoms with E-state index in [4.69, 9.17) is 15.2 Å². The monoisotopic (exact) mass is 361 g/mol. The second-order valence-electron chi connectivity index (χ2n) is 7.08. The third-order valence-electron chi connectivity index (χ3n) is 3.69. The second-order valence-corrected chi connectivity index (χ2v) is 7.08. The number of nitrogens with one attached hydrogen (secondary N) is 2. The second kappa shape index (κ2) is 14.0. The van der Waals surface area contributed by atoms with E-state index in [1.165, 1.54) is 0 Å². The average molecular weight is 362 g/mol. The molecule has 1 unspecified atom stereocenters. The number of amides is 2. The number of hydrogen-bond acceptors (Lipinski definition) is 5. The standard InChI is InChI=1S/C17H36N4O4/c1-19-15(17(18)23)7-5-6-9-20-16(22)8-11-24-13-14-25-12-10-21(2,3)4/h15,19H,5-14H2,1-4H3,(H2-,18,20,22,23)/p+1. The highest BCUT2D eigenvalue weighted by molar-refractivity contribution is 5.79. The van der Waals surface area contributed by atoms with Crippen LogP contribution in [0.3, 0.4) is 0 Å². The van der Waals surface area contributed by atoms with Gasteiger partial charge >= 0.3 is 0 Å². The van der Waals surface area contributed by atoms with E-state index in [-0.39, 0.29) is 17.9 Å². The molecule has 25 heavy (non-hydrogen) atoms. The Morgan fingerprint density at radius 2 is 1.68 bits per heavy atom. The van der Waals surface area contributed by atoms with Crippen molar-refractivity contribution in [1.29, 1.82) is 0 Å². The summed E-state index contributed by atoms with van der Waals surface area (Å²) in [5.74, 6) is -0.365. The third-order valence-corrected chi connectivity index (χ3v) is 3.69. The van der Waals surface area contributed by atoms with Gasteiger partial charge in [-0.15, -0.1) is 0 Å². The van der Waals surface area contributed by atoms with Gasteiger partial charge < -0.3 is 30.3 Å². The van der Waals surface area contributed by atoms with Gasteiger partial charge in [-0.3, -0.25) is 9.59 Å². The maximum absolute atomic E-state index is 11.6. The molecular formula is C17H37N4O4+. The maximum Gasteiger partial charge on any atom is 0.234 e. The molecular weight excluding hydrogens is 324 g/mol. The fourth-order valence-electron chi connectivity index (χ4n) is 2.04. The van der Waals surface area contributed by atoms with Crippen molar-refractivity contribution in [1.82, 2.24) is 10.6 Å². The van der Waals surface area contributed by atoms with Gasteiger partial charge in [-0.1, -0.05) is 0 Å². The van der Waals surface area contributed by atoms with Crippen LogP contribution in [0.5, 0.6) is 0 Å². The van der Waals surface area contributed by atoms with Crippen molar-refractivity contribution >= 4 is 11.8 Å². The summed E-state index contributed by atoms with van der Waals surface area (Å²) >= 11 is 0. The molecule has 0 aliphatic rings. The summed E-state index contributed by atoms with van der Waals surface area (Å²) in [6.45, 7) is 3.71. The molecule has 2 amide bonds. The Hall–Kier alpha value is -1.22. The number of rotatable bonds is 16. The van der Waals surface area contributed by atoms with Gasteiger partial charge in [0.15, 0.2) is 0 Å². The Bertz CT molecular complexity index is 372. The highest BCUT2D eigenvalue weighted by Gasteiger charge is 2.11. The zero-order valence-electron chi connectivity index (χ0n) is 16.3. The number of likely N-dealkylation sites (N-methyl/N-ethyl adjacent to an activating group) is 2. The minimum absolute atomic E-state index is 0.0222. The molecule has 148 valence electrons. The van der Waals surface area contributed by atoms with Crippen molar-refractivity contribution in [3.63, 3.8) is 0 Å². The zero-order valence-corrected chi connectivity index (χ0v) is 16.3. The van der Waals surface area contributed by atoms with Crippen LogP contribution in [0.1, 0.15) is 25.7 Å². The smallest absolute Gasteiger partial charge is 0.234 e. The first-order chi connectivity index (χ1) is 11.8. The molecule has 0 aliphatic heterocycles. The SMILES string of the molecule is CNC(CCCCNC(=O)CCOCCOCC[N+](C)(C)C)C(N)=O. The Labute approximate surface area is 152 Å². The van der Waals surface area contributed by atoms with E-state index in [2.05, 4.69) is 31.8 Å². The topological polar surface area (TPSA) is 103 Å². The first-order valence-electron chi connectivity index (χ1n) is 8.95. The van der Waals surface area contributed by atoms with E-state index >= 15 is 0 Å². The molecule has 0 aromatic rings. The van der Waals surface area contributed by atoms with Crippen molar-refractivity contribution in [2.45, 2.75) is 31.7 Å². The molecule has 0 saturated carbocycles. The number of carbonyl (C=O) groups is 2. The van der Waals surface area contributed by atoms with Crippen LogP contribution in [-0.4, -0.2) is 90.0 Å². The molecule has 0 aliphatic carbocycles. The van der Waals surface area contributed by atoms with Crippen LogP contribution in [0.2, 0.25) is 0 Å². The number of ether oxygens (including phenoxy) is 2. The third kappa shape index (κ3) is 16.0. The summed E-state index contributed by atoms with van der Waals surface area (Å²) in [4.78, 5) is 22.7. The summed E-state index contributed by atoms with van der Waals surface area (Å²) in [6, 6.07) is -0.298. The van der Waals surface area contributed by atoms with Gasteiger partial charge in [0.05, 0.1) is 53.6 Å². The lowest BCUT2D eigenvalue weighted by molar-refractivity contribution is -0.870. The van der Waals surface area contributed by atoms with Crippen LogP contribution in [0.4, 0.5) is 0 Å². The van der Waals surface area contributed by atoms with Crippen LogP contribution in [0.25, 0.3) is 0 Å². The number of quaternary nitrogens is 1. The lowest BCUT2D eigenvalue weighted by Gasteiger charge is -2.23. The van der Waals surface area contributed by atoms with Gasteiger partial charge in [0.2, 0.25) is 11.8 Å². The molecule has 0 aromatic carbocycles. The highest BCUT2D eigenvalue weighted by atomic mass is 16.5. The van der Waals surface area contributed by atoms with E-state index in [1.54, 1.807) is 7.05 Å². The molecule has 1 atom stereocenters. The number of primary amides is 1. The van der Waals surface area contributed by atoms with Gasteiger partial charge in [-0.2, -0.15) is 0 Å². The maximum atomic E-state index is 11.6. The van der Waals surface area contributed by atoms with Gasteiger partial charge in [0, 0.05) is 13.0 Å². The minimum Gasteiger partial charge on any atom is -0.379 e. The number of nitrogens with zero attached hydrogens (tertiary/aromatic N) is 1. The lowest BCUT2D eigenvalue weighted by Crippen LogP contribution is -2.39. The fourth-order valence-corrected chi connectivity index (χ4v) is 2.04. The molecule has 0 rings (SSSR count). The molecule has 4 N–H and O–H groups in total. The molecule has 0 bridgehead atoms.